The number of aromatic amines is 1. The fourth-order valence-electron chi connectivity index (χ4n) is 2.79. The first-order valence-electron chi connectivity index (χ1n) is 8.20. The van der Waals surface area contributed by atoms with Gasteiger partial charge in [-0.3, -0.25) is 5.10 Å². The van der Waals surface area contributed by atoms with Gasteiger partial charge in [0.15, 0.2) is 17.1 Å². The summed E-state index contributed by atoms with van der Waals surface area (Å²) < 4.78 is 13.2. The maximum Gasteiger partial charge on any atom is 0.217 e. The second-order valence-electron chi connectivity index (χ2n) is 6.07. The minimum Gasteiger partial charge on any atom is -0.484 e. The molecule has 0 aliphatic heterocycles. The molecule has 0 fully saturated rings. The molecule has 0 aliphatic rings. The molecule has 0 saturated heterocycles. The first-order chi connectivity index (χ1) is 13.2. The Morgan fingerprint density at radius 1 is 1.26 bits per heavy atom. The largest absolute Gasteiger partial charge is 0.484 e. The molecule has 27 heavy (non-hydrogen) atoms. The van der Waals surface area contributed by atoms with Gasteiger partial charge in [-0.05, 0) is 36.8 Å². The molecule has 0 unspecified atom stereocenters. The summed E-state index contributed by atoms with van der Waals surface area (Å²) in [6.07, 6.45) is 3.25. The molecule has 4 heterocycles. The SMILES string of the molecule is Cc1ccc(Cl)c(OCc2ccc(-c3nc4c5cn[nH]c5ncn4n3)o2)c1. The average molecular weight is 381 g/mol. The van der Waals surface area contributed by atoms with E-state index in [-0.39, 0.29) is 6.61 Å². The minimum atomic E-state index is 0.254. The van der Waals surface area contributed by atoms with Crippen molar-refractivity contribution in [3.05, 3.63) is 59.2 Å². The predicted octanol–water partition coefficient (Wildman–Crippen LogP) is 3.80. The van der Waals surface area contributed by atoms with Gasteiger partial charge < -0.3 is 9.15 Å². The van der Waals surface area contributed by atoms with E-state index in [2.05, 4.69) is 25.3 Å². The lowest BCUT2D eigenvalue weighted by molar-refractivity contribution is 0.272. The number of aromatic nitrogens is 6. The van der Waals surface area contributed by atoms with Gasteiger partial charge in [-0.1, -0.05) is 17.7 Å². The molecule has 0 amide bonds. The average Bonchev–Trinajstić information content (AvgIpc) is 3.39. The van der Waals surface area contributed by atoms with Crippen LogP contribution in [0.25, 0.3) is 28.3 Å². The van der Waals surface area contributed by atoms with Crippen molar-refractivity contribution < 1.29 is 9.15 Å². The lowest BCUT2D eigenvalue weighted by Crippen LogP contribution is -1.94. The van der Waals surface area contributed by atoms with E-state index < -0.39 is 0 Å². The molecule has 5 aromatic rings. The molecular formula is C18H13ClN6O2. The predicted molar refractivity (Wildman–Crippen MR) is 98.7 cm³/mol. The molecule has 5 rings (SSSR count). The number of nitrogens with one attached hydrogen (secondary N) is 1. The van der Waals surface area contributed by atoms with E-state index in [9.17, 15) is 0 Å². The summed E-state index contributed by atoms with van der Waals surface area (Å²) in [7, 11) is 0. The van der Waals surface area contributed by atoms with Crippen LogP contribution < -0.4 is 4.74 Å². The van der Waals surface area contributed by atoms with Crippen LogP contribution in [-0.2, 0) is 6.61 Å². The number of benzene rings is 1. The topological polar surface area (TPSA) is 94.1 Å². The van der Waals surface area contributed by atoms with Crippen molar-refractivity contribution in [1.82, 2.24) is 29.8 Å². The fraction of sp³-hybridized carbons (Fsp3) is 0.111. The molecule has 1 N–H and O–H groups in total. The summed E-state index contributed by atoms with van der Waals surface area (Å²) in [6.45, 7) is 2.24. The number of ether oxygens (including phenoxy) is 1. The molecule has 134 valence electrons. The number of halogens is 1. The monoisotopic (exact) mass is 380 g/mol. The van der Waals surface area contributed by atoms with E-state index in [0.29, 0.717) is 39.4 Å². The number of nitrogens with zero attached hydrogens (tertiary/aromatic N) is 5. The number of H-pyrrole nitrogens is 1. The van der Waals surface area contributed by atoms with Gasteiger partial charge in [0.2, 0.25) is 5.82 Å². The minimum absolute atomic E-state index is 0.254. The quantitative estimate of drug-likeness (QED) is 0.509. The summed E-state index contributed by atoms with van der Waals surface area (Å²) in [5.74, 6) is 2.27. The van der Waals surface area contributed by atoms with Crippen LogP contribution in [0.5, 0.6) is 5.75 Å². The van der Waals surface area contributed by atoms with Gasteiger partial charge in [-0.15, -0.1) is 5.10 Å². The van der Waals surface area contributed by atoms with Gasteiger partial charge in [0, 0.05) is 0 Å². The normalized spacial score (nSPS) is 11.5. The van der Waals surface area contributed by atoms with Crippen LogP contribution in [0.15, 0.2) is 47.3 Å². The van der Waals surface area contributed by atoms with Crippen LogP contribution in [0.2, 0.25) is 5.02 Å². The van der Waals surface area contributed by atoms with E-state index >= 15 is 0 Å². The van der Waals surface area contributed by atoms with Crippen LogP contribution in [0.3, 0.4) is 0 Å². The highest BCUT2D eigenvalue weighted by Crippen LogP contribution is 2.27. The van der Waals surface area contributed by atoms with E-state index in [1.807, 2.05) is 37.3 Å². The molecule has 0 atom stereocenters. The molecule has 0 spiro atoms. The maximum absolute atomic E-state index is 6.16. The van der Waals surface area contributed by atoms with Gasteiger partial charge in [0.05, 0.1) is 16.6 Å². The van der Waals surface area contributed by atoms with E-state index in [1.54, 1.807) is 17.0 Å². The van der Waals surface area contributed by atoms with E-state index in [0.717, 1.165) is 10.9 Å². The summed E-state index contributed by atoms with van der Waals surface area (Å²) in [4.78, 5) is 8.78. The number of furan rings is 1. The Balaban J connectivity index is 1.41. The third-order valence-electron chi connectivity index (χ3n) is 4.13. The summed E-state index contributed by atoms with van der Waals surface area (Å²) in [6, 6.07) is 9.27. The van der Waals surface area contributed by atoms with Crippen LogP contribution in [0, 0.1) is 6.92 Å². The molecule has 0 saturated carbocycles. The molecule has 1 aromatic carbocycles. The van der Waals surface area contributed by atoms with Crippen molar-refractivity contribution in [2.24, 2.45) is 0 Å². The Labute approximate surface area is 157 Å². The van der Waals surface area contributed by atoms with Crippen molar-refractivity contribution in [2.75, 3.05) is 0 Å². The van der Waals surface area contributed by atoms with Crippen LogP contribution >= 0.6 is 11.6 Å². The van der Waals surface area contributed by atoms with Crippen molar-refractivity contribution in [1.29, 1.82) is 0 Å². The molecule has 8 nitrogen and oxygen atoms in total. The first kappa shape index (κ1) is 15.8. The van der Waals surface area contributed by atoms with Crippen LogP contribution in [0.1, 0.15) is 11.3 Å². The Hall–Kier alpha value is -3.39. The van der Waals surface area contributed by atoms with Gasteiger partial charge in [0.25, 0.3) is 0 Å². The summed E-state index contributed by atoms with van der Waals surface area (Å²) >= 11 is 6.16. The van der Waals surface area contributed by atoms with Crippen molar-refractivity contribution in [3.8, 4) is 17.3 Å². The lowest BCUT2D eigenvalue weighted by atomic mass is 10.2. The van der Waals surface area contributed by atoms with Crippen LogP contribution in [0.4, 0.5) is 0 Å². The van der Waals surface area contributed by atoms with Gasteiger partial charge in [-0.25, -0.2) is 14.5 Å². The zero-order valence-electron chi connectivity index (χ0n) is 14.2. The number of aryl methyl sites for hydroxylation is 1. The molecular weight excluding hydrogens is 368 g/mol. The van der Waals surface area contributed by atoms with Crippen molar-refractivity contribution >= 4 is 28.3 Å². The second kappa shape index (κ2) is 6.10. The Bertz CT molecular complexity index is 1270. The van der Waals surface area contributed by atoms with Gasteiger partial charge in [0.1, 0.15) is 24.4 Å². The molecule has 0 radical (unpaired) electrons. The standard InChI is InChI=1S/C18H13ClN6O2/c1-10-2-4-13(19)15(6-10)26-8-11-3-5-14(27-11)17-22-18-12-7-21-23-16(12)20-9-25(18)24-17/h2-7,9H,8H2,1H3,(H,21,23). The third kappa shape index (κ3) is 2.80. The molecule has 0 aliphatic carbocycles. The highest BCUT2D eigenvalue weighted by molar-refractivity contribution is 6.32. The lowest BCUT2D eigenvalue weighted by Gasteiger charge is -2.07. The molecule has 4 aromatic heterocycles. The fourth-order valence-corrected chi connectivity index (χ4v) is 2.96. The smallest absolute Gasteiger partial charge is 0.217 e. The first-order valence-corrected chi connectivity index (χ1v) is 8.58. The van der Waals surface area contributed by atoms with Crippen LogP contribution in [-0.4, -0.2) is 29.8 Å². The second-order valence-corrected chi connectivity index (χ2v) is 6.48. The molecule has 0 bridgehead atoms. The highest BCUT2D eigenvalue weighted by Gasteiger charge is 2.14. The Morgan fingerprint density at radius 3 is 3.11 bits per heavy atom. The Kier molecular flexibility index (Phi) is 3.58. The zero-order valence-corrected chi connectivity index (χ0v) is 14.9. The maximum atomic E-state index is 6.16. The number of fused-ring (bicyclic) bond motifs is 3. The summed E-state index contributed by atoms with van der Waals surface area (Å²) in [5.41, 5.74) is 2.39. The third-order valence-corrected chi connectivity index (χ3v) is 4.44. The molecule has 9 heteroatoms. The Morgan fingerprint density at radius 2 is 2.19 bits per heavy atom. The highest BCUT2D eigenvalue weighted by atomic mass is 35.5. The number of rotatable bonds is 4. The number of hydrogen-bond donors (Lipinski definition) is 1. The van der Waals surface area contributed by atoms with Crippen molar-refractivity contribution in [3.63, 3.8) is 0 Å². The van der Waals surface area contributed by atoms with E-state index in [1.165, 1.54) is 0 Å². The van der Waals surface area contributed by atoms with Gasteiger partial charge >= 0.3 is 0 Å². The van der Waals surface area contributed by atoms with E-state index in [4.69, 9.17) is 20.8 Å². The number of hydrogen-bond acceptors (Lipinski definition) is 6. The van der Waals surface area contributed by atoms with Gasteiger partial charge in [-0.2, -0.15) is 5.10 Å². The summed E-state index contributed by atoms with van der Waals surface area (Å²) in [5, 5.41) is 12.6. The van der Waals surface area contributed by atoms with Crippen molar-refractivity contribution in [2.45, 2.75) is 13.5 Å². The zero-order chi connectivity index (χ0) is 18.4.